The average Bonchev–Trinajstić information content (AvgIpc) is 2.75. The predicted molar refractivity (Wildman–Crippen MR) is 139 cm³/mol. The first-order valence-electron chi connectivity index (χ1n) is 10.2. The number of piperazine rings is 1. The van der Waals surface area contributed by atoms with Crippen LogP contribution in [-0.2, 0) is 6.54 Å². The second kappa shape index (κ2) is 13.0. The zero-order valence-electron chi connectivity index (χ0n) is 18.0. The normalized spacial score (nSPS) is 16.0. The number of benzene rings is 1. The first-order chi connectivity index (χ1) is 14.1. The van der Waals surface area contributed by atoms with Crippen molar-refractivity contribution in [3.63, 3.8) is 0 Å². The number of nitrogens with zero attached hydrogens (tertiary/aromatic N) is 4. The topological polar surface area (TPSA) is 55.8 Å². The number of aromatic nitrogens is 1. The minimum absolute atomic E-state index is 0. The number of pyridine rings is 1. The van der Waals surface area contributed by atoms with Gasteiger partial charge in [-0.05, 0) is 36.9 Å². The van der Waals surface area contributed by atoms with Crippen molar-refractivity contribution in [1.29, 1.82) is 0 Å². The molecule has 1 aliphatic rings. The summed E-state index contributed by atoms with van der Waals surface area (Å²) in [5.74, 6) is 1.89. The van der Waals surface area contributed by atoms with Crippen LogP contribution in [0.4, 0.5) is 5.82 Å². The molecule has 1 fully saturated rings. The van der Waals surface area contributed by atoms with E-state index in [2.05, 4.69) is 80.8 Å². The van der Waals surface area contributed by atoms with Crippen LogP contribution in [0.3, 0.4) is 0 Å². The maximum atomic E-state index is 4.57. The summed E-state index contributed by atoms with van der Waals surface area (Å²) in [6, 6.07) is 14.7. The third kappa shape index (κ3) is 7.96. The van der Waals surface area contributed by atoms with Gasteiger partial charge in [-0.3, -0.25) is 4.99 Å². The molecule has 1 aliphatic heterocycles. The Kier molecular flexibility index (Phi) is 10.7. The second-order valence-electron chi connectivity index (χ2n) is 7.36. The molecule has 0 bridgehead atoms. The zero-order chi connectivity index (χ0) is 20.5. The van der Waals surface area contributed by atoms with Crippen LogP contribution in [0, 0.1) is 0 Å². The Morgan fingerprint density at radius 2 is 1.87 bits per heavy atom. The molecule has 164 valence electrons. The van der Waals surface area contributed by atoms with Gasteiger partial charge in [0.05, 0.1) is 0 Å². The lowest BCUT2D eigenvalue weighted by Crippen LogP contribution is -2.44. The highest BCUT2D eigenvalue weighted by molar-refractivity contribution is 14.0. The van der Waals surface area contributed by atoms with Crippen LogP contribution in [0.5, 0.6) is 0 Å². The van der Waals surface area contributed by atoms with Gasteiger partial charge in [-0.15, -0.1) is 35.7 Å². The van der Waals surface area contributed by atoms with Crippen LogP contribution in [0.2, 0.25) is 0 Å². The number of nitrogens with one attached hydrogen (secondary N) is 2. The molecule has 1 saturated heterocycles. The number of thioether (sulfide) groups is 1. The molecule has 6 nitrogen and oxygen atoms in total. The highest BCUT2D eigenvalue weighted by atomic mass is 127. The largest absolute Gasteiger partial charge is 0.355 e. The van der Waals surface area contributed by atoms with Crippen LogP contribution < -0.4 is 15.5 Å². The van der Waals surface area contributed by atoms with Crippen molar-refractivity contribution < 1.29 is 0 Å². The third-order valence-electron chi connectivity index (χ3n) is 4.96. The molecule has 30 heavy (non-hydrogen) atoms. The van der Waals surface area contributed by atoms with Gasteiger partial charge in [-0.25, -0.2) is 4.98 Å². The summed E-state index contributed by atoms with van der Waals surface area (Å²) in [5, 5.41) is 7.29. The lowest BCUT2D eigenvalue weighted by molar-refractivity contribution is 0.312. The van der Waals surface area contributed by atoms with Crippen molar-refractivity contribution in [3.05, 3.63) is 54.2 Å². The number of guanidine groups is 1. The molecule has 2 aromatic rings. The van der Waals surface area contributed by atoms with E-state index in [-0.39, 0.29) is 24.0 Å². The molecule has 2 heterocycles. The second-order valence-corrected chi connectivity index (χ2v) is 8.87. The van der Waals surface area contributed by atoms with E-state index in [4.69, 9.17) is 0 Å². The van der Waals surface area contributed by atoms with Gasteiger partial charge in [0.25, 0.3) is 0 Å². The van der Waals surface area contributed by atoms with E-state index in [1.807, 2.05) is 31.1 Å². The molecule has 1 aromatic carbocycles. The van der Waals surface area contributed by atoms with Crippen molar-refractivity contribution in [3.8, 4) is 0 Å². The highest BCUT2D eigenvalue weighted by Crippen LogP contribution is 2.21. The van der Waals surface area contributed by atoms with Crippen LogP contribution in [0.15, 0.2) is 58.5 Å². The SMILES string of the molecule is CN=C(NCc1ccnc(N2CCN(C)CC2)c1)NCC(C)Sc1ccccc1.I. The first-order valence-corrected chi connectivity index (χ1v) is 11.1. The molecule has 0 spiro atoms. The number of hydrogen-bond acceptors (Lipinski definition) is 5. The number of likely N-dealkylation sites (N-methyl/N-ethyl adjacent to an activating group) is 1. The standard InChI is InChI=1S/C22H32N6S.HI/c1-18(29-20-7-5-4-6-8-20)16-25-22(23-2)26-17-19-9-10-24-21(15-19)28-13-11-27(3)12-14-28;/h4-10,15,18H,11-14,16-17H2,1-3H3,(H2,23,25,26);1H. The van der Waals surface area contributed by atoms with Gasteiger partial charge in [-0.2, -0.15) is 0 Å². The van der Waals surface area contributed by atoms with Gasteiger partial charge < -0.3 is 20.4 Å². The van der Waals surface area contributed by atoms with Gasteiger partial charge >= 0.3 is 0 Å². The fourth-order valence-electron chi connectivity index (χ4n) is 3.20. The van der Waals surface area contributed by atoms with Crippen molar-refractivity contribution in [2.75, 3.05) is 51.7 Å². The molecule has 1 atom stereocenters. The van der Waals surface area contributed by atoms with Crippen LogP contribution >= 0.6 is 35.7 Å². The molecule has 0 radical (unpaired) electrons. The fraction of sp³-hybridized carbons (Fsp3) is 0.455. The molecule has 0 saturated carbocycles. The molecule has 3 rings (SSSR count). The number of hydrogen-bond donors (Lipinski definition) is 2. The Morgan fingerprint density at radius 1 is 1.13 bits per heavy atom. The zero-order valence-corrected chi connectivity index (χ0v) is 21.2. The first kappa shape index (κ1) is 24.7. The van der Waals surface area contributed by atoms with Gasteiger partial charge in [0.2, 0.25) is 0 Å². The van der Waals surface area contributed by atoms with E-state index in [1.54, 1.807) is 0 Å². The molecule has 0 amide bonds. The lowest BCUT2D eigenvalue weighted by atomic mass is 10.2. The van der Waals surface area contributed by atoms with Gasteiger partial charge in [0, 0.05) is 62.7 Å². The van der Waals surface area contributed by atoms with Crippen LogP contribution in [-0.4, -0.2) is 67.9 Å². The van der Waals surface area contributed by atoms with Crippen LogP contribution in [0.25, 0.3) is 0 Å². The Bertz CT molecular complexity index is 780. The van der Waals surface area contributed by atoms with Gasteiger partial charge in [0.1, 0.15) is 5.82 Å². The summed E-state index contributed by atoms with van der Waals surface area (Å²) in [6.07, 6.45) is 1.90. The highest BCUT2D eigenvalue weighted by Gasteiger charge is 2.15. The summed E-state index contributed by atoms with van der Waals surface area (Å²) in [5.41, 5.74) is 1.21. The maximum absolute atomic E-state index is 4.57. The lowest BCUT2D eigenvalue weighted by Gasteiger charge is -2.33. The van der Waals surface area contributed by atoms with E-state index >= 15 is 0 Å². The minimum atomic E-state index is 0. The molecule has 2 N–H and O–H groups in total. The molecular formula is C22H33IN6S. The Morgan fingerprint density at radius 3 is 2.57 bits per heavy atom. The molecular weight excluding hydrogens is 507 g/mol. The fourth-order valence-corrected chi connectivity index (χ4v) is 4.14. The predicted octanol–water partition coefficient (Wildman–Crippen LogP) is 3.30. The minimum Gasteiger partial charge on any atom is -0.355 e. The van der Waals surface area contributed by atoms with E-state index in [0.717, 1.165) is 51.0 Å². The summed E-state index contributed by atoms with van der Waals surface area (Å²) in [6.45, 7) is 8.02. The quantitative estimate of drug-likeness (QED) is 0.243. The van der Waals surface area contributed by atoms with E-state index in [0.29, 0.717) is 5.25 Å². The Hall–Kier alpha value is -1.52. The third-order valence-corrected chi connectivity index (χ3v) is 6.07. The summed E-state index contributed by atoms with van der Waals surface area (Å²) in [7, 11) is 3.98. The molecule has 1 unspecified atom stereocenters. The Labute approximate surface area is 201 Å². The van der Waals surface area contributed by atoms with E-state index < -0.39 is 0 Å². The number of anilines is 1. The summed E-state index contributed by atoms with van der Waals surface area (Å²) < 4.78 is 0. The molecule has 1 aromatic heterocycles. The maximum Gasteiger partial charge on any atom is 0.191 e. The van der Waals surface area contributed by atoms with Crippen molar-refractivity contribution in [1.82, 2.24) is 20.5 Å². The molecule has 0 aliphatic carbocycles. The number of halogens is 1. The van der Waals surface area contributed by atoms with E-state index in [1.165, 1.54) is 10.5 Å². The monoisotopic (exact) mass is 540 g/mol. The number of rotatable bonds is 7. The van der Waals surface area contributed by atoms with Gasteiger partial charge in [-0.1, -0.05) is 25.1 Å². The average molecular weight is 541 g/mol. The van der Waals surface area contributed by atoms with Gasteiger partial charge in [0.15, 0.2) is 5.96 Å². The summed E-state index contributed by atoms with van der Waals surface area (Å²) >= 11 is 1.87. The summed E-state index contributed by atoms with van der Waals surface area (Å²) in [4.78, 5) is 14.9. The van der Waals surface area contributed by atoms with Crippen molar-refractivity contribution >= 4 is 47.5 Å². The van der Waals surface area contributed by atoms with Crippen LogP contribution in [0.1, 0.15) is 12.5 Å². The Balaban J connectivity index is 0.00000320. The van der Waals surface area contributed by atoms with Crippen molar-refractivity contribution in [2.24, 2.45) is 4.99 Å². The molecule has 8 heteroatoms. The van der Waals surface area contributed by atoms with Crippen molar-refractivity contribution in [2.45, 2.75) is 23.6 Å². The van der Waals surface area contributed by atoms with E-state index in [9.17, 15) is 0 Å². The smallest absolute Gasteiger partial charge is 0.191 e. The number of aliphatic imine (C=N–C) groups is 1.